The molecule has 1 fully saturated rings. The van der Waals surface area contributed by atoms with E-state index in [9.17, 15) is 19.4 Å². The maximum atomic E-state index is 13.8. The Kier molecular flexibility index (Phi) is 4.59. The highest BCUT2D eigenvalue weighted by atomic mass is 19.1. The average Bonchev–Trinajstić information content (AvgIpc) is 3.07. The fraction of sp³-hybridized carbons (Fsp3) is 0.238. The van der Waals surface area contributed by atoms with Crippen LogP contribution in [0.3, 0.4) is 0 Å². The molecule has 0 saturated carbocycles. The molecule has 0 spiro atoms. The molecule has 3 aromatic rings. The number of hydrogen-bond donors (Lipinski definition) is 2. The number of likely N-dealkylation sites (tertiary alicyclic amines) is 1. The summed E-state index contributed by atoms with van der Waals surface area (Å²) >= 11 is 0. The summed E-state index contributed by atoms with van der Waals surface area (Å²) < 4.78 is 13.8. The molecule has 138 valence electrons. The molecule has 4 rings (SSSR count). The van der Waals surface area contributed by atoms with E-state index in [0.29, 0.717) is 28.6 Å². The zero-order valence-corrected chi connectivity index (χ0v) is 14.5. The van der Waals surface area contributed by atoms with E-state index < -0.39 is 18.0 Å². The number of aliphatic hydroxyl groups excluding tert-OH is 2. The maximum absolute atomic E-state index is 13.8. The van der Waals surface area contributed by atoms with Gasteiger partial charge in [-0.1, -0.05) is 30.3 Å². The van der Waals surface area contributed by atoms with Gasteiger partial charge in [0.2, 0.25) is 0 Å². The lowest BCUT2D eigenvalue weighted by Gasteiger charge is -2.23. The van der Waals surface area contributed by atoms with Crippen molar-refractivity contribution in [1.29, 1.82) is 0 Å². The van der Waals surface area contributed by atoms with Crippen molar-refractivity contribution >= 4 is 16.8 Å². The quantitative estimate of drug-likeness (QED) is 0.747. The van der Waals surface area contributed by atoms with Crippen LogP contribution >= 0.6 is 0 Å². The van der Waals surface area contributed by atoms with E-state index in [1.807, 2.05) is 30.3 Å². The van der Waals surface area contributed by atoms with E-state index in [-0.39, 0.29) is 19.1 Å². The van der Waals surface area contributed by atoms with Gasteiger partial charge < -0.3 is 15.1 Å². The summed E-state index contributed by atoms with van der Waals surface area (Å²) in [6.07, 6.45) is -0.323. The molecule has 2 heterocycles. The molecule has 0 unspecified atom stereocenters. The lowest BCUT2D eigenvalue weighted by atomic mass is 10.0. The monoisotopic (exact) mass is 366 g/mol. The number of fused-ring (bicyclic) bond motifs is 1. The Labute approximate surface area is 155 Å². The number of hydrogen-bond acceptors (Lipinski definition) is 4. The Morgan fingerprint density at radius 3 is 2.70 bits per heavy atom. The lowest BCUT2D eigenvalue weighted by molar-refractivity contribution is 0.0667. The number of benzene rings is 2. The Morgan fingerprint density at radius 1 is 1.19 bits per heavy atom. The number of aromatic nitrogens is 1. The summed E-state index contributed by atoms with van der Waals surface area (Å²) in [5, 5.41) is 20.0. The second-order valence-electron chi connectivity index (χ2n) is 6.77. The second-order valence-corrected chi connectivity index (χ2v) is 6.77. The minimum atomic E-state index is -0.662. The first-order chi connectivity index (χ1) is 13.1. The van der Waals surface area contributed by atoms with Crippen LogP contribution in [-0.4, -0.2) is 51.3 Å². The first-order valence-corrected chi connectivity index (χ1v) is 8.82. The average molecular weight is 366 g/mol. The summed E-state index contributed by atoms with van der Waals surface area (Å²) in [5.74, 6) is -0.731. The van der Waals surface area contributed by atoms with Crippen molar-refractivity contribution in [2.75, 3.05) is 13.2 Å². The molecule has 1 saturated heterocycles. The number of amides is 1. The summed E-state index contributed by atoms with van der Waals surface area (Å²) in [7, 11) is 0. The molecular formula is C21H19FN2O3. The Hall–Kier alpha value is -2.83. The smallest absolute Gasteiger partial charge is 0.255 e. The van der Waals surface area contributed by atoms with Crippen molar-refractivity contribution < 1.29 is 19.4 Å². The van der Waals surface area contributed by atoms with Gasteiger partial charge in [-0.15, -0.1) is 0 Å². The summed E-state index contributed by atoms with van der Waals surface area (Å²) in [6.45, 7) is -0.0538. The van der Waals surface area contributed by atoms with Crippen molar-refractivity contribution in [3.8, 4) is 11.3 Å². The highest BCUT2D eigenvalue weighted by molar-refractivity contribution is 6.07. The SMILES string of the molecule is O=C(c1cc(-c2ccccc2)nc2cc(F)ccc12)N1C[C@@H](O)C[C@H]1CO. The van der Waals surface area contributed by atoms with Gasteiger partial charge in [-0.05, 0) is 24.6 Å². The predicted octanol–water partition coefficient (Wildman–Crippen LogP) is 2.61. The molecule has 0 bridgehead atoms. The van der Waals surface area contributed by atoms with Crippen molar-refractivity contribution in [1.82, 2.24) is 9.88 Å². The van der Waals surface area contributed by atoms with Gasteiger partial charge in [-0.25, -0.2) is 9.37 Å². The molecule has 1 aliphatic heterocycles. The van der Waals surface area contributed by atoms with Gasteiger partial charge in [-0.3, -0.25) is 4.79 Å². The molecule has 1 amide bonds. The van der Waals surface area contributed by atoms with Gasteiger partial charge in [0.25, 0.3) is 5.91 Å². The van der Waals surface area contributed by atoms with Crippen LogP contribution in [-0.2, 0) is 0 Å². The molecule has 1 aliphatic rings. The molecule has 2 N–H and O–H groups in total. The number of carbonyl (C=O) groups is 1. The standard InChI is InChI=1S/C21H19FN2O3/c22-14-6-7-17-18(21(27)24-11-16(26)9-15(24)12-25)10-19(23-20(17)8-14)13-4-2-1-3-5-13/h1-8,10,15-16,25-26H,9,11-12H2/t15-,16-/m0/s1. The van der Waals surface area contributed by atoms with Gasteiger partial charge in [0.1, 0.15) is 5.82 Å². The second kappa shape index (κ2) is 7.06. The molecule has 2 aromatic carbocycles. The van der Waals surface area contributed by atoms with E-state index in [1.54, 1.807) is 12.1 Å². The first-order valence-electron chi connectivity index (χ1n) is 8.82. The van der Waals surface area contributed by atoms with Crippen LogP contribution < -0.4 is 0 Å². The molecule has 5 nitrogen and oxygen atoms in total. The number of halogens is 1. The number of nitrogens with zero attached hydrogens (tertiary/aromatic N) is 2. The zero-order chi connectivity index (χ0) is 19.0. The largest absolute Gasteiger partial charge is 0.394 e. The molecular weight excluding hydrogens is 347 g/mol. The number of rotatable bonds is 3. The molecule has 1 aromatic heterocycles. The van der Waals surface area contributed by atoms with Gasteiger partial charge in [0, 0.05) is 23.6 Å². The van der Waals surface area contributed by atoms with Crippen molar-refractivity contribution in [2.45, 2.75) is 18.6 Å². The van der Waals surface area contributed by atoms with Gasteiger partial charge in [-0.2, -0.15) is 0 Å². The number of pyridine rings is 1. The van der Waals surface area contributed by atoms with Crippen molar-refractivity contribution in [2.24, 2.45) is 0 Å². The third-order valence-electron chi connectivity index (χ3n) is 4.94. The minimum Gasteiger partial charge on any atom is -0.394 e. The summed E-state index contributed by atoms with van der Waals surface area (Å²) in [6, 6.07) is 14.8. The van der Waals surface area contributed by atoms with Crippen LogP contribution in [0.5, 0.6) is 0 Å². The topological polar surface area (TPSA) is 73.7 Å². The minimum absolute atomic E-state index is 0.162. The van der Waals surface area contributed by atoms with E-state index in [0.717, 1.165) is 5.56 Å². The molecule has 0 aliphatic carbocycles. The van der Waals surface area contributed by atoms with Gasteiger partial charge in [0.15, 0.2) is 0 Å². The van der Waals surface area contributed by atoms with Gasteiger partial charge in [0.05, 0.1) is 35.5 Å². The van der Waals surface area contributed by atoms with E-state index in [4.69, 9.17) is 0 Å². The van der Waals surface area contributed by atoms with E-state index in [1.165, 1.54) is 17.0 Å². The number of aliphatic hydroxyl groups is 2. The van der Waals surface area contributed by atoms with Crippen LogP contribution in [0.4, 0.5) is 4.39 Å². The van der Waals surface area contributed by atoms with E-state index >= 15 is 0 Å². The van der Waals surface area contributed by atoms with Crippen LogP contribution in [0.1, 0.15) is 16.8 Å². The highest BCUT2D eigenvalue weighted by Crippen LogP contribution is 2.28. The Morgan fingerprint density at radius 2 is 1.96 bits per heavy atom. The zero-order valence-electron chi connectivity index (χ0n) is 14.5. The summed E-state index contributed by atoms with van der Waals surface area (Å²) in [5.41, 5.74) is 2.15. The normalized spacial score (nSPS) is 19.6. The van der Waals surface area contributed by atoms with Crippen molar-refractivity contribution in [3.63, 3.8) is 0 Å². The Balaban J connectivity index is 1.87. The number of β-amino-alcohol motifs (C(OH)–C–C–N with tert-alkyl or cyclic N) is 1. The molecule has 6 heteroatoms. The molecule has 2 atom stereocenters. The fourth-order valence-corrected chi connectivity index (χ4v) is 3.60. The molecule has 27 heavy (non-hydrogen) atoms. The molecule has 0 radical (unpaired) electrons. The van der Waals surface area contributed by atoms with Crippen molar-refractivity contribution in [3.05, 3.63) is 66.0 Å². The fourth-order valence-electron chi connectivity index (χ4n) is 3.60. The maximum Gasteiger partial charge on any atom is 0.255 e. The third kappa shape index (κ3) is 3.29. The van der Waals surface area contributed by atoms with E-state index in [2.05, 4.69) is 4.98 Å². The van der Waals surface area contributed by atoms with Gasteiger partial charge >= 0.3 is 0 Å². The first kappa shape index (κ1) is 17.6. The lowest BCUT2D eigenvalue weighted by Crippen LogP contribution is -2.38. The number of carbonyl (C=O) groups excluding carboxylic acids is 1. The van der Waals surface area contributed by atoms with Crippen LogP contribution in [0, 0.1) is 5.82 Å². The predicted molar refractivity (Wildman–Crippen MR) is 99.7 cm³/mol. The third-order valence-corrected chi connectivity index (χ3v) is 4.94. The Bertz CT molecular complexity index is 993. The van der Waals surface area contributed by atoms with Crippen LogP contribution in [0.25, 0.3) is 22.2 Å². The highest BCUT2D eigenvalue weighted by Gasteiger charge is 2.35. The summed E-state index contributed by atoms with van der Waals surface area (Å²) in [4.78, 5) is 19.2. The van der Waals surface area contributed by atoms with Crippen LogP contribution in [0.2, 0.25) is 0 Å². The van der Waals surface area contributed by atoms with Crippen LogP contribution in [0.15, 0.2) is 54.6 Å².